The van der Waals surface area contributed by atoms with Gasteiger partial charge in [0.05, 0.1) is 18.8 Å². The molecule has 0 aromatic heterocycles. The molecular formula is C17H23O9P. The fourth-order valence-corrected chi connectivity index (χ4v) is 3.87. The Bertz CT molecular complexity index is 668. The average molecular weight is 402 g/mol. The van der Waals surface area contributed by atoms with Crippen LogP contribution in [-0.2, 0) is 32.6 Å². The molecule has 1 aromatic carbocycles. The van der Waals surface area contributed by atoms with Gasteiger partial charge in [-0.1, -0.05) is 18.2 Å². The van der Waals surface area contributed by atoms with Crippen LogP contribution < -0.4 is 0 Å². The maximum absolute atomic E-state index is 12.4. The van der Waals surface area contributed by atoms with Crippen LogP contribution in [0.25, 0.3) is 0 Å². The number of carbonyl (C=O) groups excluding carboxylic acids is 1. The molecule has 10 heteroatoms. The van der Waals surface area contributed by atoms with Crippen LogP contribution in [0.15, 0.2) is 30.3 Å². The van der Waals surface area contributed by atoms with Gasteiger partial charge in [-0.05, 0) is 26.0 Å². The van der Waals surface area contributed by atoms with Crippen LogP contribution in [0.5, 0.6) is 0 Å². The van der Waals surface area contributed by atoms with Gasteiger partial charge < -0.3 is 28.4 Å². The minimum absolute atomic E-state index is 0.0200. The fourth-order valence-electron chi connectivity index (χ4n) is 2.51. The van der Waals surface area contributed by atoms with Gasteiger partial charge in [0.2, 0.25) is 0 Å². The van der Waals surface area contributed by atoms with Crippen molar-refractivity contribution in [3.63, 3.8) is 0 Å². The number of aliphatic carboxylic acids is 1. The zero-order chi connectivity index (χ0) is 19.9. The molecule has 9 nitrogen and oxygen atoms in total. The van der Waals surface area contributed by atoms with Gasteiger partial charge in [-0.15, -0.1) is 0 Å². The first kappa shape index (κ1) is 21.5. The molecule has 150 valence electrons. The highest BCUT2D eigenvalue weighted by molar-refractivity contribution is 7.53. The molecule has 0 aliphatic carbocycles. The number of carbonyl (C=O) groups is 2. The monoisotopic (exact) mass is 402 g/mol. The second-order valence-corrected chi connectivity index (χ2v) is 7.61. The zero-order valence-corrected chi connectivity index (χ0v) is 16.0. The van der Waals surface area contributed by atoms with Crippen molar-refractivity contribution in [2.75, 3.05) is 19.6 Å². The minimum Gasteiger partial charge on any atom is -0.479 e. The van der Waals surface area contributed by atoms with Crippen molar-refractivity contribution in [3.8, 4) is 0 Å². The summed E-state index contributed by atoms with van der Waals surface area (Å²) in [5, 5.41) is 9.31. The van der Waals surface area contributed by atoms with Crippen molar-refractivity contribution >= 4 is 19.5 Å². The van der Waals surface area contributed by atoms with Gasteiger partial charge >= 0.3 is 19.5 Å². The van der Waals surface area contributed by atoms with E-state index in [9.17, 15) is 19.3 Å². The standard InChI is InChI=1S/C17H23O9P/c1-3-23-27(21,24-4-2)11-22-14-10-13(15(26-14)16(18)19)25-17(20)12-8-6-5-7-9-12/h5-9,13-15H,3-4,10-11H2,1-2H3,(H,18,19)/t13?,14-,15+/m0/s1. The summed E-state index contributed by atoms with van der Waals surface area (Å²) in [4.78, 5) is 23.6. The molecule has 1 unspecified atom stereocenters. The molecule has 1 heterocycles. The van der Waals surface area contributed by atoms with E-state index in [0.717, 1.165) is 0 Å². The largest absolute Gasteiger partial charge is 0.479 e. The highest BCUT2D eigenvalue weighted by atomic mass is 31.2. The predicted octanol–water partition coefficient (Wildman–Crippen LogP) is 2.65. The molecule has 0 saturated carbocycles. The normalized spacial score (nSPS) is 22.5. The Labute approximate surface area is 157 Å². The van der Waals surface area contributed by atoms with Crippen LogP contribution in [0.3, 0.4) is 0 Å². The van der Waals surface area contributed by atoms with Crippen molar-refractivity contribution in [2.45, 2.75) is 38.8 Å². The van der Waals surface area contributed by atoms with Crippen LogP contribution in [0.1, 0.15) is 30.6 Å². The predicted molar refractivity (Wildman–Crippen MR) is 93.4 cm³/mol. The summed E-state index contributed by atoms with van der Waals surface area (Å²) in [6, 6.07) is 8.20. The van der Waals surface area contributed by atoms with Crippen LogP contribution in [0.2, 0.25) is 0 Å². The van der Waals surface area contributed by atoms with Crippen molar-refractivity contribution in [1.82, 2.24) is 0 Å². The summed E-state index contributed by atoms with van der Waals surface area (Å²) in [6.07, 6.45) is -3.87. The Morgan fingerprint density at radius 3 is 2.37 bits per heavy atom. The van der Waals surface area contributed by atoms with Crippen LogP contribution in [-0.4, -0.2) is 55.1 Å². The molecule has 0 bridgehead atoms. The zero-order valence-electron chi connectivity index (χ0n) is 15.1. The van der Waals surface area contributed by atoms with Gasteiger partial charge in [0.15, 0.2) is 18.7 Å². The van der Waals surface area contributed by atoms with Gasteiger partial charge in [-0.3, -0.25) is 4.57 Å². The Hall–Kier alpha value is -1.77. The number of hydrogen-bond acceptors (Lipinski definition) is 8. The van der Waals surface area contributed by atoms with Crippen molar-refractivity contribution in [2.24, 2.45) is 0 Å². The van der Waals surface area contributed by atoms with Crippen molar-refractivity contribution in [3.05, 3.63) is 35.9 Å². The Kier molecular flexibility index (Phi) is 7.94. The molecule has 1 fully saturated rings. The first-order valence-electron chi connectivity index (χ1n) is 8.52. The van der Waals surface area contributed by atoms with E-state index in [1.54, 1.807) is 44.2 Å². The van der Waals surface area contributed by atoms with E-state index >= 15 is 0 Å². The lowest BCUT2D eigenvalue weighted by molar-refractivity contribution is -0.168. The summed E-state index contributed by atoms with van der Waals surface area (Å²) in [7, 11) is -3.47. The number of hydrogen-bond donors (Lipinski definition) is 1. The van der Waals surface area contributed by atoms with E-state index in [-0.39, 0.29) is 19.6 Å². The van der Waals surface area contributed by atoms with E-state index in [1.165, 1.54) is 0 Å². The van der Waals surface area contributed by atoms with E-state index in [0.29, 0.717) is 5.56 Å². The SMILES string of the molecule is CCOP(=O)(CO[C@@H]1CC(OC(=O)c2ccccc2)[C@H](C(=O)O)O1)OCC. The second-order valence-electron chi connectivity index (χ2n) is 5.61. The molecule has 1 aromatic rings. The minimum atomic E-state index is -3.47. The van der Waals surface area contributed by atoms with Gasteiger partial charge in [0, 0.05) is 6.42 Å². The number of ether oxygens (including phenoxy) is 3. The Morgan fingerprint density at radius 1 is 1.19 bits per heavy atom. The van der Waals surface area contributed by atoms with Crippen LogP contribution in [0, 0.1) is 0 Å². The lowest BCUT2D eigenvalue weighted by Crippen LogP contribution is -2.34. The molecule has 3 atom stereocenters. The lowest BCUT2D eigenvalue weighted by Gasteiger charge is -2.19. The van der Waals surface area contributed by atoms with E-state index in [2.05, 4.69) is 0 Å². The number of rotatable bonds is 10. The summed E-state index contributed by atoms with van der Waals surface area (Å²) < 4.78 is 38.6. The van der Waals surface area contributed by atoms with Gasteiger partial charge in [-0.25, -0.2) is 9.59 Å². The third-order valence-electron chi connectivity index (χ3n) is 3.64. The molecule has 2 rings (SSSR count). The van der Waals surface area contributed by atoms with E-state index in [1.807, 2.05) is 0 Å². The maximum Gasteiger partial charge on any atom is 0.356 e. The quantitative estimate of drug-likeness (QED) is 0.465. The first-order chi connectivity index (χ1) is 12.9. The summed E-state index contributed by atoms with van der Waals surface area (Å²) in [6.45, 7) is 3.66. The average Bonchev–Trinajstić information content (AvgIpc) is 3.04. The lowest BCUT2D eigenvalue weighted by atomic mass is 10.1. The Balaban J connectivity index is 1.98. The molecule has 1 saturated heterocycles. The molecule has 0 spiro atoms. The maximum atomic E-state index is 12.4. The molecule has 1 aliphatic rings. The third kappa shape index (κ3) is 6.12. The third-order valence-corrected chi connectivity index (χ3v) is 5.41. The summed E-state index contributed by atoms with van der Waals surface area (Å²) in [5.74, 6) is -1.95. The van der Waals surface area contributed by atoms with Crippen LogP contribution in [0.4, 0.5) is 0 Å². The smallest absolute Gasteiger partial charge is 0.356 e. The van der Waals surface area contributed by atoms with Crippen LogP contribution >= 0.6 is 7.60 Å². The first-order valence-corrected chi connectivity index (χ1v) is 10.3. The fraction of sp³-hybridized carbons (Fsp3) is 0.529. The highest BCUT2D eigenvalue weighted by Gasteiger charge is 2.44. The number of benzene rings is 1. The summed E-state index contributed by atoms with van der Waals surface area (Å²) in [5.41, 5.74) is 0.295. The molecule has 0 amide bonds. The molecule has 1 aliphatic heterocycles. The Morgan fingerprint density at radius 2 is 1.81 bits per heavy atom. The number of esters is 1. The van der Waals surface area contributed by atoms with Crippen molar-refractivity contribution in [1.29, 1.82) is 0 Å². The highest BCUT2D eigenvalue weighted by Crippen LogP contribution is 2.48. The van der Waals surface area contributed by atoms with Gasteiger partial charge in [0.1, 0.15) is 6.10 Å². The van der Waals surface area contributed by atoms with E-state index in [4.69, 9.17) is 23.3 Å². The molecular weight excluding hydrogens is 379 g/mol. The molecule has 27 heavy (non-hydrogen) atoms. The molecule has 1 N–H and O–H groups in total. The van der Waals surface area contributed by atoms with Gasteiger partial charge in [-0.2, -0.15) is 0 Å². The van der Waals surface area contributed by atoms with Crippen molar-refractivity contribution < 1.29 is 42.5 Å². The molecule has 0 radical (unpaired) electrons. The van der Waals surface area contributed by atoms with Gasteiger partial charge in [0.25, 0.3) is 0 Å². The topological polar surface area (TPSA) is 118 Å². The number of carboxylic acids is 1. The second kappa shape index (κ2) is 9.96. The van der Waals surface area contributed by atoms with E-state index < -0.39 is 44.4 Å². The summed E-state index contributed by atoms with van der Waals surface area (Å²) >= 11 is 0. The number of carboxylic acid groups (broad SMARTS) is 1.